The number of nitrogens with one attached hydrogen (secondary N) is 1. The molecule has 1 aliphatic heterocycles. The lowest BCUT2D eigenvalue weighted by Gasteiger charge is -2.17. The Balaban J connectivity index is 1.61. The third-order valence-corrected chi connectivity index (χ3v) is 6.49. The second-order valence-electron chi connectivity index (χ2n) is 8.54. The van der Waals surface area contributed by atoms with E-state index in [-0.39, 0.29) is 22.3 Å². The first-order valence-corrected chi connectivity index (χ1v) is 11.4. The molecule has 0 amide bonds. The fraction of sp³-hybridized carbons (Fsp3) is 0.320. The number of benzene rings is 2. The third kappa shape index (κ3) is 4.37. The van der Waals surface area contributed by atoms with E-state index in [2.05, 4.69) is 10.3 Å². The zero-order chi connectivity index (χ0) is 22.9. The zero-order valence-corrected chi connectivity index (χ0v) is 18.6. The zero-order valence-electron chi connectivity index (χ0n) is 17.9. The molecule has 2 aliphatic rings. The van der Waals surface area contributed by atoms with Gasteiger partial charge in [-0.05, 0) is 67.6 Å². The van der Waals surface area contributed by atoms with E-state index >= 15 is 0 Å². The van der Waals surface area contributed by atoms with E-state index in [0.717, 1.165) is 19.5 Å². The maximum absolute atomic E-state index is 14.4. The predicted octanol–water partition coefficient (Wildman–Crippen LogP) is 4.43. The van der Waals surface area contributed by atoms with Gasteiger partial charge in [0.25, 0.3) is 5.56 Å². The molecule has 0 radical (unpaired) electrons. The first-order chi connectivity index (χ1) is 16.0. The summed E-state index contributed by atoms with van der Waals surface area (Å²) in [5, 5.41) is 12.2. The van der Waals surface area contributed by atoms with Crippen LogP contribution in [0.2, 0.25) is 5.02 Å². The Morgan fingerprint density at radius 2 is 2.00 bits per heavy atom. The van der Waals surface area contributed by atoms with Crippen molar-refractivity contribution in [1.29, 1.82) is 5.26 Å². The van der Waals surface area contributed by atoms with Crippen LogP contribution in [0, 0.1) is 23.1 Å². The van der Waals surface area contributed by atoms with E-state index in [0.29, 0.717) is 29.7 Å². The molecule has 0 spiro atoms. The van der Waals surface area contributed by atoms with Gasteiger partial charge in [0.1, 0.15) is 11.9 Å². The molecule has 0 unspecified atom stereocenters. The van der Waals surface area contributed by atoms with Crippen molar-refractivity contribution in [2.24, 2.45) is 5.92 Å². The Morgan fingerprint density at radius 1 is 1.21 bits per heavy atom. The smallest absolute Gasteiger partial charge is 0.281 e. The van der Waals surface area contributed by atoms with Crippen molar-refractivity contribution in [1.82, 2.24) is 14.9 Å². The van der Waals surface area contributed by atoms with Crippen LogP contribution in [0.15, 0.2) is 47.3 Å². The van der Waals surface area contributed by atoms with Gasteiger partial charge < -0.3 is 10.1 Å². The van der Waals surface area contributed by atoms with Gasteiger partial charge in [-0.2, -0.15) is 10.2 Å². The minimum Gasteiger partial charge on any atom is -0.476 e. The highest BCUT2D eigenvalue weighted by atomic mass is 35.5. The third-order valence-electron chi connectivity index (χ3n) is 6.16. The first-order valence-electron chi connectivity index (χ1n) is 11.0. The molecule has 1 saturated carbocycles. The van der Waals surface area contributed by atoms with Crippen LogP contribution in [0.3, 0.4) is 0 Å². The first kappa shape index (κ1) is 21.6. The van der Waals surface area contributed by atoms with Crippen LogP contribution < -0.4 is 15.6 Å². The SMILES string of the molecule is N#Cc1ccc(-c2nc(OC[C@@H]3CCNC3)c(Cl)c(=O)n2-c2ccc(C3CC3)cc2)cc1F. The number of nitriles is 1. The van der Waals surface area contributed by atoms with Crippen LogP contribution in [-0.4, -0.2) is 29.2 Å². The Labute approximate surface area is 195 Å². The van der Waals surface area contributed by atoms with Gasteiger partial charge in [0.2, 0.25) is 5.88 Å². The topological polar surface area (TPSA) is 79.9 Å². The predicted molar refractivity (Wildman–Crippen MR) is 123 cm³/mol. The number of hydrogen-bond acceptors (Lipinski definition) is 5. The quantitative estimate of drug-likeness (QED) is 0.583. The Morgan fingerprint density at radius 3 is 2.64 bits per heavy atom. The van der Waals surface area contributed by atoms with Crippen LogP contribution in [0.25, 0.3) is 17.1 Å². The Hall–Kier alpha value is -3.21. The van der Waals surface area contributed by atoms with Gasteiger partial charge in [-0.3, -0.25) is 9.36 Å². The molecule has 5 rings (SSSR count). The molecule has 33 heavy (non-hydrogen) atoms. The summed E-state index contributed by atoms with van der Waals surface area (Å²) >= 11 is 6.41. The largest absolute Gasteiger partial charge is 0.476 e. The standard InChI is InChI=1S/C25H22ClFN4O2/c26-22-24(33-14-15-9-10-29-13-15)30-23(18-3-4-19(12-28)21(27)11-18)31(25(22)32)20-7-5-17(6-8-20)16-1-2-16/h3-8,11,15-16,29H,1-2,9-10,13-14H2/t15-/m1/s1. The lowest BCUT2D eigenvalue weighted by atomic mass is 10.1. The summed E-state index contributed by atoms with van der Waals surface area (Å²) in [6.07, 6.45) is 3.31. The normalized spacial score (nSPS) is 17.7. The van der Waals surface area contributed by atoms with Crippen molar-refractivity contribution < 1.29 is 9.13 Å². The summed E-state index contributed by atoms with van der Waals surface area (Å²) in [4.78, 5) is 17.9. The van der Waals surface area contributed by atoms with E-state index in [4.69, 9.17) is 21.6 Å². The van der Waals surface area contributed by atoms with Crippen LogP contribution in [0.5, 0.6) is 5.88 Å². The summed E-state index contributed by atoms with van der Waals surface area (Å²) in [7, 11) is 0. The summed E-state index contributed by atoms with van der Waals surface area (Å²) in [5.74, 6) is 0.418. The van der Waals surface area contributed by atoms with Crippen molar-refractivity contribution in [3.63, 3.8) is 0 Å². The number of rotatable bonds is 6. The van der Waals surface area contributed by atoms with Gasteiger partial charge in [-0.1, -0.05) is 23.7 Å². The van der Waals surface area contributed by atoms with E-state index in [1.807, 2.05) is 30.3 Å². The van der Waals surface area contributed by atoms with E-state index in [1.165, 1.54) is 35.1 Å². The Bertz CT molecular complexity index is 1290. The van der Waals surface area contributed by atoms with E-state index in [1.54, 1.807) is 6.07 Å². The maximum atomic E-state index is 14.4. The van der Waals surface area contributed by atoms with Gasteiger partial charge in [0.05, 0.1) is 17.9 Å². The van der Waals surface area contributed by atoms with Gasteiger partial charge in [-0.15, -0.1) is 0 Å². The minimum absolute atomic E-state index is 0.0270. The summed E-state index contributed by atoms with van der Waals surface area (Å²) < 4.78 is 21.7. The van der Waals surface area contributed by atoms with Crippen molar-refractivity contribution in [2.75, 3.05) is 19.7 Å². The molecule has 0 bridgehead atoms. The Kier molecular flexibility index (Phi) is 5.88. The van der Waals surface area contributed by atoms with E-state index < -0.39 is 11.4 Å². The van der Waals surface area contributed by atoms with Crippen LogP contribution in [0.1, 0.15) is 36.3 Å². The number of aromatic nitrogens is 2. The molecule has 1 N–H and O–H groups in total. The molecule has 1 aromatic heterocycles. The number of halogens is 2. The number of nitrogens with zero attached hydrogens (tertiary/aromatic N) is 3. The van der Waals surface area contributed by atoms with Crippen molar-refractivity contribution in [2.45, 2.75) is 25.2 Å². The van der Waals surface area contributed by atoms with Gasteiger partial charge in [0, 0.05) is 18.0 Å². The molecule has 3 aromatic rings. The molecule has 1 atom stereocenters. The van der Waals surface area contributed by atoms with Gasteiger partial charge in [0.15, 0.2) is 10.8 Å². The monoisotopic (exact) mass is 464 g/mol. The number of hydrogen-bond donors (Lipinski definition) is 1. The minimum atomic E-state index is -0.686. The average molecular weight is 465 g/mol. The molecule has 1 saturated heterocycles. The summed E-state index contributed by atoms with van der Waals surface area (Å²) in [5.41, 5.74) is 1.57. The second kappa shape index (κ2) is 8.97. The highest BCUT2D eigenvalue weighted by molar-refractivity contribution is 6.31. The molecule has 8 heteroatoms. The fourth-order valence-corrected chi connectivity index (χ4v) is 4.30. The molecular formula is C25H22ClFN4O2. The lowest BCUT2D eigenvalue weighted by Crippen LogP contribution is -2.24. The molecule has 168 valence electrons. The van der Waals surface area contributed by atoms with Crippen molar-refractivity contribution >= 4 is 11.6 Å². The van der Waals surface area contributed by atoms with Crippen LogP contribution >= 0.6 is 11.6 Å². The average Bonchev–Trinajstić information content (AvgIpc) is 3.55. The molecular weight excluding hydrogens is 443 g/mol. The summed E-state index contributed by atoms with van der Waals surface area (Å²) in [6.45, 7) is 2.12. The molecule has 2 heterocycles. The van der Waals surface area contributed by atoms with Gasteiger partial charge in [-0.25, -0.2) is 4.39 Å². The van der Waals surface area contributed by atoms with Crippen molar-refractivity contribution in [3.05, 3.63) is 74.8 Å². The van der Waals surface area contributed by atoms with Crippen molar-refractivity contribution in [3.8, 4) is 29.0 Å². The van der Waals surface area contributed by atoms with Gasteiger partial charge >= 0.3 is 0 Å². The molecule has 6 nitrogen and oxygen atoms in total. The molecule has 1 aliphatic carbocycles. The maximum Gasteiger partial charge on any atom is 0.281 e. The molecule has 2 fully saturated rings. The lowest BCUT2D eigenvalue weighted by molar-refractivity contribution is 0.250. The van der Waals surface area contributed by atoms with Crippen LogP contribution in [0.4, 0.5) is 4.39 Å². The summed E-state index contributed by atoms with van der Waals surface area (Å²) in [6, 6.07) is 13.6. The molecule has 2 aromatic carbocycles. The second-order valence-corrected chi connectivity index (χ2v) is 8.92. The fourth-order valence-electron chi connectivity index (χ4n) is 4.12. The van der Waals surface area contributed by atoms with E-state index in [9.17, 15) is 9.18 Å². The highest BCUT2D eigenvalue weighted by Gasteiger charge is 2.25. The highest BCUT2D eigenvalue weighted by Crippen LogP contribution is 2.40. The number of ether oxygens (including phenoxy) is 1. The van der Waals surface area contributed by atoms with Crippen LogP contribution in [-0.2, 0) is 0 Å².